The van der Waals surface area contributed by atoms with Gasteiger partial charge >= 0.3 is 0 Å². The van der Waals surface area contributed by atoms with Crippen LogP contribution < -0.4 is 0 Å². The first kappa shape index (κ1) is 11.5. The van der Waals surface area contributed by atoms with Gasteiger partial charge in [-0.2, -0.15) is 15.8 Å². The maximum atomic E-state index is 9.19. The van der Waals surface area contributed by atoms with E-state index in [-0.39, 0.29) is 5.57 Å². The van der Waals surface area contributed by atoms with E-state index in [0.29, 0.717) is 11.1 Å². The van der Waals surface area contributed by atoms with Gasteiger partial charge in [-0.1, -0.05) is 12.1 Å². The van der Waals surface area contributed by atoms with Crippen molar-refractivity contribution in [3.05, 3.63) is 41.0 Å². The maximum Gasteiger partial charge on any atom is 0.175 e. The molecule has 0 aliphatic carbocycles. The zero-order valence-electron chi connectivity index (χ0n) is 8.25. The third-order valence-electron chi connectivity index (χ3n) is 1.88. The Balaban J connectivity index is 3.12. The number of benzene rings is 1. The molecule has 16 heavy (non-hydrogen) atoms. The zero-order valence-corrected chi connectivity index (χ0v) is 8.25. The minimum absolute atomic E-state index is 0.0439. The minimum Gasteiger partial charge on any atom is -0.373 e. The average Bonchev–Trinajstić information content (AvgIpc) is 2.35. The van der Waals surface area contributed by atoms with Crippen LogP contribution in [0, 0.1) is 34.0 Å². The van der Waals surface area contributed by atoms with Crippen molar-refractivity contribution in [2.24, 2.45) is 0 Å². The fourth-order valence-corrected chi connectivity index (χ4v) is 1.12. The van der Waals surface area contributed by atoms with Crippen LogP contribution in [-0.2, 0) is 0 Å². The molecule has 1 unspecified atom stereocenters. The van der Waals surface area contributed by atoms with Gasteiger partial charge in [0, 0.05) is 0 Å². The van der Waals surface area contributed by atoms with Crippen molar-refractivity contribution in [3.63, 3.8) is 0 Å². The highest BCUT2D eigenvalue weighted by molar-refractivity contribution is 5.60. The number of hydrogen-bond acceptors (Lipinski definition) is 4. The van der Waals surface area contributed by atoms with Crippen LogP contribution in [-0.4, -0.2) is 11.2 Å². The van der Waals surface area contributed by atoms with Gasteiger partial charge in [0.05, 0.1) is 29.3 Å². The summed E-state index contributed by atoms with van der Waals surface area (Å²) in [6, 6.07) is 11.8. The van der Waals surface area contributed by atoms with Crippen molar-refractivity contribution in [2.45, 2.75) is 6.10 Å². The highest BCUT2D eigenvalue weighted by atomic mass is 16.3. The van der Waals surface area contributed by atoms with E-state index in [4.69, 9.17) is 15.8 Å². The Hall–Kier alpha value is -2.61. The van der Waals surface area contributed by atoms with Crippen LogP contribution in [0.3, 0.4) is 0 Å². The third kappa shape index (κ3) is 2.69. The molecular weight excluding hydrogens is 202 g/mol. The highest BCUT2D eigenvalue weighted by Gasteiger charge is 2.08. The molecule has 1 aromatic carbocycles. The van der Waals surface area contributed by atoms with Crippen molar-refractivity contribution in [1.29, 1.82) is 15.8 Å². The molecule has 1 aromatic rings. The van der Waals surface area contributed by atoms with E-state index in [1.807, 2.05) is 6.07 Å². The molecule has 1 N–H and O–H groups in total. The molecule has 0 aliphatic rings. The van der Waals surface area contributed by atoms with E-state index >= 15 is 0 Å². The summed E-state index contributed by atoms with van der Waals surface area (Å²) in [5, 5.41) is 35.1. The van der Waals surface area contributed by atoms with Crippen LogP contribution in [0.1, 0.15) is 11.1 Å². The lowest BCUT2D eigenvalue weighted by molar-refractivity contribution is 0.271. The summed E-state index contributed by atoms with van der Waals surface area (Å²) in [4.78, 5) is 0. The van der Waals surface area contributed by atoms with Crippen molar-refractivity contribution in [2.75, 3.05) is 0 Å². The lowest BCUT2D eigenvalue weighted by Crippen LogP contribution is -2.04. The topological polar surface area (TPSA) is 91.6 Å². The lowest BCUT2D eigenvalue weighted by atomic mass is 10.1. The maximum absolute atomic E-state index is 9.19. The normalized spacial score (nSPS) is 12.0. The summed E-state index contributed by atoms with van der Waals surface area (Å²) in [5.74, 6) is 0. The molecule has 0 bridgehead atoms. The molecule has 1 rings (SSSR count). The number of aliphatic hydroxyl groups excluding tert-OH is 1. The van der Waals surface area contributed by atoms with Crippen LogP contribution >= 0.6 is 0 Å². The molecule has 76 valence electrons. The van der Waals surface area contributed by atoms with Crippen LogP contribution in [0.5, 0.6) is 0 Å². The van der Waals surface area contributed by atoms with Gasteiger partial charge in [-0.3, -0.25) is 0 Å². The number of nitriles is 3. The van der Waals surface area contributed by atoms with E-state index in [1.165, 1.54) is 6.08 Å². The van der Waals surface area contributed by atoms with Crippen LogP contribution in [0.25, 0.3) is 6.08 Å². The van der Waals surface area contributed by atoms with Gasteiger partial charge < -0.3 is 5.11 Å². The van der Waals surface area contributed by atoms with E-state index < -0.39 is 6.10 Å². The second-order valence-corrected chi connectivity index (χ2v) is 2.98. The second kappa shape index (κ2) is 5.32. The number of aliphatic hydroxyl groups is 1. The van der Waals surface area contributed by atoms with Crippen LogP contribution in [0.4, 0.5) is 0 Å². The molecule has 0 saturated heterocycles. The average molecular weight is 209 g/mol. The van der Waals surface area contributed by atoms with Gasteiger partial charge in [0.15, 0.2) is 6.10 Å². The smallest absolute Gasteiger partial charge is 0.175 e. The van der Waals surface area contributed by atoms with Gasteiger partial charge in [-0.15, -0.1) is 0 Å². The molecule has 4 nitrogen and oxygen atoms in total. The Morgan fingerprint density at radius 2 is 2.06 bits per heavy atom. The molecule has 0 heterocycles. The van der Waals surface area contributed by atoms with E-state index in [9.17, 15) is 5.11 Å². The molecule has 0 aromatic heterocycles. The predicted octanol–water partition coefficient (Wildman–Crippen LogP) is 1.35. The Morgan fingerprint density at radius 3 is 2.62 bits per heavy atom. The van der Waals surface area contributed by atoms with Crippen LogP contribution in [0.15, 0.2) is 29.8 Å². The standard InChI is InChI=1S/C12H7N3O/c13-6-10-3-1-2-9(4-10)5-11(7-14)12(16)8-15/h1-5,12,16H. The van der Waals surface area contributed by atoms with E-state index in [1.54, 1.807) is 36.4 Å². The molecule has 0 radical (unpaired) electrons. The summed E-state index contributed by atoms with van der Waals surface area (Å²) in [6.07, 6.45) is -0.0508. The number of nitrogens with zero attached hydrogens (tertiary/aromatic N) is 3. The van der Waals surface area contributed by atoms with Gasteiger partial charge in [-0.05, 0) is 23.8 Å². The van der Waals surface area contributed by atoms with E-state index in [2.05, 4.69) is 0 Å². The second-order valence-electron chi connectivity index (χ2n) is 2.98. The van der Waals surface area contributed by atoms with Crippen LogP contribution in [0.2, 0.25) is 0 Å². The van der Waals surface area contributed by atoms with Gasteiger partial charge in [0.1, 0.15) is 0 Å². The molecule has 0 fully saturated rings. The molecule has 0 spiro atoms. The zero-order chi connectivity index (χ0) is 12.0. The molecule has 1 atom stereocenters. The third-order valence-corrected chi connectivity index (χ3v) is 1.88. The summed E-state index contributed by atoms with van der Waals surface area (Å²) < 4.78 is 0. The number of rotatable bonds is 2. The SMILES string of the molecule is N#CC(=Cc1cccc(C#N)c1)C(O)C#N. The largest absolute Gasteiger partial charge is 0.373 e. The first-order chi connectivity index (χ1) is 7.71. The summed E-state index contributed by atoms with van der Waals surface area (Å²) >= 11 is 0. The fraction of sp³-hybridized carbons (Fsp3) is 0.0833. The highest BCUT2D eigenvalue weighted by Crippen LogP contribution is 2.11. The lowest BCUT2D eigenvalue weighted by Gasteiger charge is -1.99. The minimum atomic E-state index is -1.43. The van der Waals surface area contributed by atoms with E-state index in [0.717, 1.165) is 0 Å². The first-order valence-corrected chi connectivity index (χ1v) is 4.41. The summed E-state index contributed by atoms with van der Waals surface area (Å²) in [6.45, 7) is 0. The van der Waals surface area contributed by atoms with Gasteiger partial charge in [-0.25, -0.2) is 0 Å². The Bertz CT molecular complexity index is 541. The molecule has 0 aliphatic heterocycles. The van der Waals surface area contributed by atoms with Crippen molar-refractivity contribution in [1.82, 2.24) is 0 Å². The molecular formula is C12H7N3O. The van der Waals surface area contributed by atoms with Crippen molar-refractivity contribution < 1.29 is 5.11 Å². The van der Waals surface area contributed by atoms with Crippen molar-refractivity contribution in [3.8, 4) is 18.2 Å². The van der Waals surface area contributed by atoms with Gasteiger partial charge in [0.2, 0.25) is 0 Å². The summed E-state index contributed by atoms with van der Waals surface area (Å²) in [7, 11) is 0. The molecule has 0 saturated carbocycles. The fourth-order valence-electron chi connectivity index (χ4n) is 1.12. The Labute approximate surface area is 92.9 Å². The molecule has 4 heteroatoms. The number of hydrogen-bond donors (Lipinski definition) is 1. The monoisotopic (exact) mass is 209 g/mol. The Kier molecular flexibility index (Phi) is 3.81. The van der Waals surface area contributed by atoms with Gasteiger partial charge in [0.25, 0.3) is 0 Å². The Morgan fingerprint density at radius 1 is 1.31 bits per heavy atom. The quantitative estimate of drug-likeness (QED) is 0.587. The molecule has 0 amide bonds. The predicted molar refractivity (Wildman–Crippen MR) is 56.4 cm³/mol. The summed E-state index contributed by atoms with van der Waals surface area (Å²) in [5.41, 5.74) is 1.01. The van der Waals surface area contributed by atoms with Crippen molar-refractivity contribution >= 4 is 6.08 Å². The first-order valence-electron chi connectivity index (χ1n) is 4.41.